The van der Waals surface area contributed by atoms with Crippen molar-refractivity contribution in [3.63, 3.8) is 0 Å². The van der Waals surface area contributed by atoms with E-state index in [0.29, 0.717) is 22.8 Å². The van der Waals surface area contributed by atoms with E-state index in [9.17, 15) is 4.79 Å². The van der Waals surface area contributed by atoms with Crippen LogP contribution in [0.3, 0.4) is 0 Å². The molecule has 17 heavy (non-hydrogen) atoms. The highest BCUT2D eigenvalue weighted by molar-refractivity contribution is 5.94. The van der Waals surface area contributed by atoms with Gasteiger partial charge in [-0.05, 0) is 25.1 Å². The van der Waals surface area contributed by atoms with Gasteiger partial charge in [-0.1, -0.05) is 12.1 Å². The van der Waals surface area contributed by atoms with Crippen LogP contribution in [0.5, 0.6) is 5.75 Å². The first kappa shape index (κ1) is 11.3. The minimum absolute atomic E-state index is 0.163. The Labute approximate surface area is 98.4 Å². The van der Waals surface area contributed by atoms with Gasteiger partial charge in [0.1, 0.15) is 22.8 Å². The molecule has 0 aliphatic carbocycles. The molecule has 0 aliphatic rings. The molecular weight excluding hydrogens is 220 g/mol. The van der Waals surface area contributed by atoms with Gasteiger partial charge in [0.2, 0.25) is 0 Å². The second kappa shape index (κ2) is 4.33. The average molecular weight is 232 g/mol. The summed E-state index contributed by atoms with van der Waals surface area (Å²) in [7, 11) is 1.56. The van der Waals surface area contributed by atoms with Crippen LogP contribution in [-0.2, 0) is 0 Å². The Balaban J connectivity index is 2.55. The molecule has 1 aromatic heterocycles. The molecule has 4 nitrogen and oxygen atoms in total. The predicted octanol–water partition coefficient (Wildman–Crippen LogP) is 2.96. The Morgan fingerprint density at radius 2 is 2.12 bits per heavy atom. The van der Waals surface area contributed by atoms with Crippen LogP contribution in [0.4, 0.5) is 0 Å². The van der Waals surface area contributed by atoms with Gasteiger partial charge in [-0.15, -0.1) is 0 Å². The summed E-state index contributed by atoms with van der Waals surface area (Å²) in [5, 5.41) is 9.08. The van der Waals surface area contributed by atoms with Gasteiger partial charge in [0.25, 0.3) is 0 Å². The largest absolute Gasteiger partial charge is 0.497 e. The van der Waals surface area contributed by atoms with Crippen LogP contribution in [-0.4, -0.2) is 18.2 Å². The topological polar surface area (TPSA) is 59.7 Å². The molecule has 0 aliphatic heterocycles. The third-order valence-corrected chi connectivity index (χ3v) is 2.42. The number of aromatic carboxylic acids is 1. The Bertz CT molecular complexity index is 554. The lowest BCUT2D eigenvalue weighted by molar-refractivity contribution is 0.0697. The monoisotopic (exact) mass is 232 g/mol. The van der Waals surface area contributed by atoms with Gasteiger partial charge in [0, 0.05) is 5.56 Å². The quantitative estimate of drug-likeness (QED) is 0.883. The van der Waals surface area contributed by atoms with Crippen molar-refractivity contribution in [2.45, 2.75) is 6.92 Å². The Morgan fingerprint density at radius 1 is 1.35 bits per heavy atom. The highest BCUT2D eigenvalue weighted by Gasteiger charge is 2.17. The van der Waals surface area contributed by atoms with Gasteiger partial charge in [-0.3, -0.25) is 0 Å². The molecular formula is C13H12O4. The SMILES string of the molecule is COc1cccc(-c2oc(C)cc2C(=O)O)c1. The van der Waals surface area contributed by atoms with Crippen molar-refractivity contribution in [1.82, 2.24) is 0 Å². The number of hydrogen-bond donors (Lipinski definition) is 1. The smallest absolute Gasteiger partial charge is 0.339 e. The number of furan rings is 1. The third kappa shape index (κ3) is 2.15. The fourth-order valence-corrected chi connectivity index (χ4v) is 1.65. The summed E-state index contributed by atoms with van der Waals surface area (Å²) in [6.45, 7) is 1.72. The summed E-state index contributed by atoms with van der Waals surface area (Å²) in [6, 6.07) is 8.62. The van der Waals surface area contributed by atoms with Crippen LogP contribution in [0.1, 0.15) is 16.1 Å². The van der Waals surface area contributed by atoms with Crippen LogP contribution < -0.4 is 4.74 Å². The van der Waals surface area contributed by atoms with Crippen molar-refractivity contribution in [1.29, 1.82) is 0 Å². The van der Waals surface area contributed by atoms with Gasteiger partial charge in [-0.25, -0.2) is 4.79 Å². The zero-order chi connectivity index (χ0) is 12.4. The Kier molecular flexibility index (Phi) is 2.87. The lowest BCUT2D eigenvalue weighted by Crippen LogP contribution is -1.96. The average Bonchev–Trinajstić information content (AvgIpc) is 2.72. The molecule has 0 unspecified atom stereocenters. The molecule has 0 saturated heterocycles. The Morgan fingerprint density at radius 3 is 2.76 bits per heavy atom. The first-order valence-electron chi connectivity index (χ1n) is 5.10. The van der Waals surface area contributed by atoms with E-state index in [1.807, 2.05) is 0 Å². The predicted molar refractivity (Wildman–Crippen MR) is 62.4 cm³/mol. The van der Waals surface area contributed by atoms with E-state index in [1.54, 1.807) is 38.3 Å². The molecule has 0 amide bonds. The van der Waals surface area contributed by atoms with Gasteiger partial charge >= 0.3 is 5.97 Å². The van der Waals surface area contributed by atoms with E-state index in [-0.39, 0.29) is 5.56 Å². The number of methoxy groups -OCH3 is 1. The standard InChI is InChI=1S/C13H12O4/c1-8-6-11(13(14)15)12(17-8)9-4-3-5-10(7-9)16-2/h3-7H,1-2H3,(H,14,15). The fourth-order valence-electron chi connectivity index (χ4n) is 1.65. The number of hydrogen-bond acceptors (Lipinski definition) is 3. The maximum Gasteiger partial charge on any atom is 0.339 e. The summed E-state index contributed by atoms with van der Waals surface area (Å²) in [5.74, 6) is 0.585. The molecule has 4 heteroatoms. The molecule has 0 saturated carbocycles. The van der Waals surface area contributed by atoms with Crippen molar-refractivity contribution >= 4 is 5.97 Å². The van der Waals surface area contributed by atoms with Crippen molar-refractivity contribution in [2.24, 2.45) is 0 Å². The van der Waals surface area contributed by atoms with Crippen LogP contribution in [0, 0.1) is 6.92 Å². The summed E-state index contributed by atoms with van der Waals surface area (Å²) >= 11 is 0. The number of rotatable bonds is 3. The van der Waals surface area contributed by atoms with E-state index in [4.69, 9.17) is 14.3 Å². The Hall–Kier alpha value is -2.23. The van der Waals surface area contributed by atoms with Crippen LogP contribution in [0.15, 0.2) is 34.7 Å². The van der Waals surface area contributed by atoms with Crippen LogP contribution in [0.25, 0.3) is 11.3 Å². The maximum atomic E-state index is 11.1. The third-order valence-electron chi connectivity index (χ3n) is 2.42. The second-order valence-electron chi connectivity index (χ2n) is 3.64. The van der Waals surface area contributed by atoms with Gasteiger partial charge < -0.3 is 14.3 Å². The number of benzene rings is 1. The maximum absolute atomic E-state index is 11.1. The lowest BCUT2D eigenvalue weighted by atomic mass is 10.1. The molecule has 1 aromatic carbocycles. The molecule has 0 spiro atoms. The lowest BCUT2D eigenvalue weighted by Gasteiger charge is -2.03. The molecule has 1 heterocycles. The van der Waals surface area contributed by atoms with Gasteiger partial charge in [-0.2, -0.15) is 0 Å². The molecule has 2 aromatic rings. The highest BCUT2D eigenvalue weighted by Crippen LogP contribution is 2.29. The molecule has 88 valence electrons. The second-order valence-corrected chi connectivity index (χ2v) is 3.64. The van der Waals surface area contributed by atoms with Crippen LogP contribution in [0.2, 0.25) is 0 Å². The molecule has 0 radical (unpaired) electrons. The summed E-state index contributed by atoms with van der Waals surface area (Å²) in [4.78, 5) is 11.1. The van der Waals surface area contributed by atoms with E-state index in [0.717, 1.165) is 0 Å². The zero-order valence-corrected chi connectivity index (χ0v) is 9.56. The fraction of sp³-hybridized carbons (Fsp3) is 0.154. The number of carbonyl (C=O) groups is 1. The normalized spacial score (nSPS) is 10.2. The summed E-state index contributed by atoms with van der Waals surface area (Å²) in [6.07, 6.45) is 0. The van der Waals surface area contributed by atoms with E-state index in [2.05, 4.69) is 0 Å². The summed E-state index contributed by atoms with van der Waals surface area (Å²) in [5.41, 5.74) is 0.852. The van der Waals surface area contributed by atoms with Crippen molar-refractivity contribution < 1.29 is 19.1 Å². The zero-order valence-electron chi connectivity index (χ0n) is 9.56. The highest BCUT2D eigenvalue weighted by atomic mass is 16.5. The molecule has 0 bridgehead atoms. The minimum Gasteiger partial charge on any atom is -0.497 e. The molecule has 2 rings (SSSR count). The van der Waals surface area contributed by atoms with Crippen molar-refractivity contribution in [3.8, 4) is 17.1 Å². The first-order chi connectivity index (χ1) is 8.11. The first-order valence-corrected chi connectivity index (χ1v) is 5.10. The van der Waals surface area contributed by atoms with Gasteiger partial charge in [0.15, 0.2) is 0 Å². The van der Waals surface area contributed by atoms with Crippen molar-refractivity contribution in [3.05, 3.63) is 41.7 Å². The van der Waals surface area contributed by atoms with Crippen LogP contribution >= 0.6 is 0 Å². The molecule has 0 atom stereocenters. The van der Waals surface area contributed by atoms with Crippen molar-refractivity contribution in [2.75, 3.05) is 7.11 Å². The number of carboxylic acids is 1. The molecule has 1 N–H and O–H groups in total. The number of aryl methyl sites for hydroxylation is 1. The van der Waals surface area contributed by atoms with E-state index in [1.165, 1.54) is 6.07 Å². The molecule has 0 fully saturated rings. The number of carboxylic acid groups (broad SMARTS) is 1. The van der Waals surface area contributed by atoms with E-state index < -0.39 is 5.97 Å². The number of ether oxygens (including phenoxy) is 1. The van der Waals surface area contributed by atoms with E-state index >= 15 is 0 Å². The summed E-state index contributed by atoms with van der Waals surface area (Å²) < 4.78 is 10.5. The minimum atomic E-state index is -1.00. The van der Waals surface area contributed by atoms with Gasteiger partial charge in [0.05, 0.1) is 7.11 Å².